The number of hydrogen-bond donors (Lipinski definition) is 0. The predicted octanol–water partition coefficient (Wildman–Crippen LogP) is 1.35. The molecule has 0 saturated carbocycles. The van der Waals surface area contributed by atoms with Crippen molar-refractivity contribution in [3.05, 3.63) is 65.2 Å². The van der Waals surface area contributed by atoms with Gasteiger partial charge in [0.25, 0.3) is 0 Å². The van der Waals surface area contributed by atoms with Crippen LogP contribution in [0.1, 0.15) is 18.1 Å². The molecule has 0 bridgehead atoms. The minimum Gasteiger partial charge on any atom is -1.00 e. The summed E-state index contributed by atoms with van der Waals surface area (Å²) in [5.74, 6) is 0. The second-order valence-electron chi connectivity index (χ2n) is 4.30. The van der Waals surface area contributed by atoms with Crippen LogP contribution in [0.2, 0.25) is 0 Å². The van der Waals surface area contributed by atoms with Crippen LogP contribution < -0.4 is 18.9 Å². The molecule has 0 fully saturated rings. The molecule has 0 radical (unpaired) electrons. The van der Waals surface area contributed by atoms with Gasteiger partial charge in [0.1, 0.15) is 0 Å². The van der Waals surface area contributed by atoms with E-state index in [4.69, 9.17) is 0 Å². The molecule has 3 rings (SSSR count). The Morgan fingerprint density at radius 1 is 0.941 bits per heavy atom. The van der Waals surface area contributed by atoms with Crippen molar-refractivity contribution in [1.82, 2.24) is 0 Å². The fraction of sp³-hybridized carbons (Fsp3) is 0.125. The Morgan fingerprint density at radius 2 is 1.71 bits per heavy atom. The second kappa shape index (κ2) is 4.96. The van der Waals surface area contributed by atoms with Crippen LogP contribution in [0.15, 0.2) is 48.5 Å². The van der Waals surface area contributed by atoms with Crippen molar-refractivity contribution in [2.75, 3.05) is 0 Å². The molecule has 0 amide bonds. The Morgan fingerprint density at radius 3 is 2.53 bits per heavy atom. The Labute approximate surface area is 116 Å². The van der Waals surface area contributed by atoms with Crippen molar-refractivity contribution in [1.29, 1.82) is 0 Å². The standard InChI is InChI=1S/C16H14.Li.H/c1-12-6-2-3-9-14(12)16-11-5-8-13-7-4-10-15(13)16;;/h2-6,8-11H,7H2,1H3;;/q;+1;-1. The minimum absolute atomic E-state index is 0. The van der Waals surface area contributed by atoms with Gasteiger partial charge < -0.3 is 1.43 Å². The first-order valence-corrected chi connectivity index (χ1v) is 5.71. The van der Waals surface area contributed by atoms with Crippen LogP contribution in [0.5, 0.6) is 0 Å². The molecule has 0 N–H and O–H groups in total. The van der Waals surface area contributed by atoms with Gasteiger partial charge >= 0.3 is 18.9 Å². The molecule has 0 saturated heterocycles. The van der Waals surface area contributed by atoms with Crippen molar-refractivity contribution in [3.63, 3.8) is 0 Å². The van der Waals surface area contributed by atoms with Crippen LogP contribution in [0.25, 0.3) is 17.2 Å². The number of hydrogen-bond acceptors (Lipinski definition) is 0. The van der Waals surface area contributed by atoms with Crippen LogP contribution in [0, 0.1) is 6.92 Å². The van der Waals surface area contributed by atoms with Crippen molar-refractivity contribution < 1.29 is 20.3 Å². The molecule has 0 atom stereocenters. The maximum atomic E-state index is 2.25. The number of allylic oxidation sites excluding steroid dienone is 1. The molecule has 0 heterocycles. The number of aryl methyl sites for hydroxylation is 1. The average Bonchev–Trinajstić information content (AvgIpc) is 2.77. The Balaban J connectivity index is 0.000000810. The molecular weight excluding hydrogens is 199 g/mol. The molecular formula is C16H15Li. The third kappa shape index (κ3) is 2.11. The Bertz CT molecular complexity index is 573. The molecule has 0 spiro atoms. The molecule has 17 heavy (non-hydrogen) atoms. The summed E-state index contributed by atoms with van der Waals surface area (Å²) in [5.41, 5.74) is 6.91. The summed E-state index contributed by atoms with van der Waals surface area (Å²) in [6.45, 7) is 2.17. The zero-order valence-electron chi connectivity index (χ0n) is 11.4. The molecule has 1 aliphatic rings. The molecule has 1 heteroatoms. The minimum atomic E-state index is 0. The third-order valence-corrected chi connectivity index (χ3v) is 3.25. The first-order chi connectivity index (χ1) is 7.86. The van der Waals surface area contributed by atoms with Gasteiger partial charge in [0.15, 0.2) is 0 Å². The zero-order valence-corrected chi connectivity index (χ0v) is 10.4. The summed E-state index contributed by atoms with van der Waals surface area (Å²) in [6.07, 6.45) is 5.57. The smallest absolute Gasteiger partial charge is 1.00 e. The molecule has 0 aliphatic heterocycles. The summed E-state index contributed by atoms with van der Waals surface area (Å²) in [4.78, 5) is 0. The quantitative estimate of drug-likeness (QED) is 0.629. The van der Waals surface area contributed by atoms with Crippen LogP contribution in [0.4, 0.5) is 0 Å². The topological polar surface area (TPSA) is 0 Å². The van der Waals surface area contributed by atoms with Gasteiger partial charge in [-0.3, -0.25) is 0 Å². The van der Waals surface area contributed by atoms with E-state index in [2.05, 4.69) is 61.5 Å². The largest absolute Gasteiger partial charge is 1.00 e. The Kier molecular flexibility index (Phi) is 3.57. The van der Waals surface area contributed by atoms with Gasteiger partial charge in [-0.2, -0.15) is 0 Å². The van der Waals surface area contributed by atoms with Crippen LogP contribution in [-0.4, -0.2) is 0 Å². The van der Waals surface area contributed by atoms with E-state index in [9.17, 15) is 0 Å². The van der Waals surface area contributed by atoms with Crippen LogP contribution in [0.3, 0.4) is 0 Å². The van der Waals surface area contributed by atoms with Crippen molar-refractivity contribution in [3.8, 4) is 11.1 Å². The second-order valence-corrected chi connectivity index (χ2v) is 4.30. The molecule has 2 aromatic carbocycles. The summed E-state index contributed by atoms with van der Waals surface area (Å²) >= 11 is 0. The van der Waals surface area contributed by atoms with E-state index in [0.717, 1.165) is 6.42 Å². The van der Waals surface area contributed by atoms with Crippen molar-refractivity contribution in [2.24, 2.45) is 0 Å². The monoisotopic (exact) mass is 214 g/mol. The van der Waals surface area contributed by atoms with E-state index in [1.165, 1.54) is 27.8 Å². The summed E-state index contributed by atoms with van der Waals surface area (Å²) in [7, 11) is 0. The van der Waals surface area contributed by atoms with Gasteiger partial charge in [-0.25, -0.2) is 0 Å². The first kappa shape index (κ1) is 12.2. The number of benzene rings is 2. The van der Waals surface area contributed by atoms with Gasteiger partial charge in [-0.1, -0.05) is 54.6 Å². The third-order valence-electron chi connectivity index (χ3n) is 3.25. The number of fused-ring (bicyclic) bond motifs is 1. The van der Waals surface area contributed by atoms with E-state index in [1.54, 1.807) is 0 Å². The summed E-state index contributed by atoms with van der Waals surface area (Å²) in [6, 6.07) is 15.2. The molecule has 80 valence electrons. The normalized spacial score (nSPS) is 12.1. The van der Waals surface area contributed by atoms with Crippen molar-refractivity contribution in [2.45, 2.75) is 13.3 Å². The molecule has 2 aromatic rings. The predicted molar refractivity (Wildman–Crippen MR) is 70.5 cm³/mol. The van der Waals surface area contributed by atoms with Gasteiger partial charge in [-0.15, -0.1) is 0 Å². The van der Waals surface area contributed by atoms with Crippen molar-refractivity contribution >= 4 is 6.08 Å². The zero-order chi connectivity index (χ0) is 11.0. The van der Waals surface area contributed by atoms with Gasteiger partial charge in [0.2, 0.25) is 0 Å². The van der Waals surface area contributed by atoms with Gasteiger partial charge in [-0.05, 0) is 41.2 Å². The number of rotatable bonds is 1. The first-order valence-electron chi connectivity index (χ1n) is 5.71. The molecule has 0 unspecified atom stereocenters. The van der Waals surface area contributed by atoms with E-state index < -0.39 is 0 Å². The fourth-order valence-electron chi connectivity index (χ4n) is 2.40. The van der Waals surface area contributed by atoms with E-state index >= 15 is 0 Å². The molecule has 0 aromatic heterocycles. The molecule has 1 aliphatic carbocycles. The van der Waals surface area contributed by atoms with E-state index in [-0.39, 0.29) is 20.3 Å². The van der Waals surface area contributed by atoms with Gasteiger partial charge in [0, 0.05) is 0 Å². The maximum Gasteiger partial charge on any atom is 1.00 e. The van der Waals surface area contributed by atoms with Gasteiger partial charge in [0.05, 0.1) is 0 Å². The molecule has 0 nitrogen and oxygen atoms in total. The van der Waals surface area contributed by atoms with Crippen LogP contribution in [-0.2, 0) is 6.42 Å². The van der Waals surface area contributed by atoms with Crippen LogP contribution >= 0.6 is 0 Å². The average molecular weight is 214 g/mol. The Hall–Kier alpha value is -1.22. The SMILES string of the molecule is Cc1ccccc1-c1cccc2c1C=CC2.[H-].[Li+]. The summed E-state index contributed by atoms with van der Waals surface area (Å²) < 4.78 is 0. The van der Waals surface area contributed by atoms with E-state index in [0.29, 0.717) is 0 Å². The fourth-order valence-corrected chi connectivity index (χ4v) is 2.40. The maximum absolute atomic E-state index is 2.25. The van der Waals surface area contributed by atoms with E-state index in [1.807, 2.05) is 0 Å². The summed E-state index contributed by atoms with van der Waals surface area (Å²) in [5, 5.41) is 0.